The Labute approximate surface area is 224 Å². The van der Waals surface area contributed by atoms with Crippen LogP contribution in [0.25, 0.3) is 11.1 Å². The van der Waals surface area contributed by atoms with E-state index in [1.165, 1.54) is 31.7 Å². The lowest BCUT2D eigenvalue weighted by molar-refractivity contribution is -0.137. The summed E-state index contributed by atoms with van der Waals surface area (Å²) in [5.41, 5.74) is 4.52. The number of ether oxygens (including phenoxy) is 2. The second kappa shape index (κ2) is 12.0. The van der Waals surface area contributed by atoms with Gasteiger partial charge in [0.2, 0.25) is 0 Å². The summed E-state index contributed by atoms with van der Waals surface area (Å²) in [4.78, 5) is 13.9. The first-order valence-electron chi connectivity index (χ1n) is 13.6. The maximum Gasteiger partial charge on any atom is 0.303 e. The predicted octanol–water partition coefficient (Wildman–Crippen LogP) is 7.03. The molecule has 2 aliphatic rings. The van der Waals surface area contributed by atoms with Gasteiger partial charge in [0.25, 0.3) is 0 Å². The van der Waals surface area contributed by atoms with Crippen LogP contribution in [0.15, 0.2) is 60.7 Å². The smallest absolute Gasteiger partial charge is 0.303 e. The molecule has 200 valence electrons. The summed E-state index contributed by atoms with van der Waals surface area (Å²) in [7, 11) is 1.59. The fraction of sp³-hybridized carbons (Fsp3) is 0.406. The SMILES string of the molecule is COc1ccc(F)c(-c2ccc(COc3cccc([C@H](CC(=O)O)CC4CC4)c3)cc2CN2CCCC2)c1. The number of hydrogen-bond acceptors (Lipinski definition) is 4. The van der Waals surface area contributed by atoms with Gasteiger partial charge in [0.15, 0.2) is 0 Å². The lowest BCUT2D eigenvalue weighted by Gasteiger charge is -2.20. The highest BCUT2D eigenvalue weighted by Crippen LogP contribution is 2.40. The molecule has 0 amide bonds. The Morgan fingerprint density at radius 1 is 1.03 bits per heavy atom. The average molecular weight is 518 g/mol. The summed E-state index contributed by atoms with van der Waals surface area (Å²) < 4.78 is 26.4. The third-order valence-corrected chi connectivity index (χ3v) is 7.70. The van der Waals surface area contributed by atoms with Crippen molar-refractivity contribution in [3.63, 3.8) is 0 Å². The maximum absolute atomic E-state index is 14.9. The molecule has 1 saturated carbocycles. The monoisotopic (exact) mass is 517 g/mol. The number of carbonyl (C=O) groups is 1. The maximum atomic E-state index is 14.9. The lowest BCUT2D eigenvalue weighted by Crippen LogP contribution is -2.19. The quantitative estimate of drug-likeness (QED) is 0.279. The molecule has 3 aromatic carbocycles. The average Bonchev–Trinajstić information content (AvgIpc) is 3.59. The molecule has 5 rings (SSSR count). The molecule has 38 heavy (non-hydrogen) atoms. The largest absolute Gasteiger partial charge is 0.497 e. The van der Waals surface area contributed by atoms with Crippen LogP contribution in [-0.2, 0) is 17.9 Å². The number of carboxylic acids is 1. The zero-order valence-electron chi connectivity index (χ0n) is 22.0. The van der Waals surface area contributed by atoms with Crippen LogP contribution in [0.4, 0.5) is 4.39 Å². The summed E-state index contributed by atoms with van der Waals surface area (Å²) in [6.45, 7) is 3.23. The topological polar surface area (TPSA) is 59.0 Å². The van der Waals surface area contributed by atoms with Gasteiger partial charge >= 0.3 is 5.97 Å². The van der Waals surface area contributed by atoms with Crippen molar-refractivity contribution < 1.29 is 23.8 Å². The number of rotatable bonds is 12. The summed E-state index contributed by atoms with van der Waals surface area (Å²) in [5, 5.41) is 9.41. The highest BCUT2D eigenvalue weighted by atomic mass is 19.1. The van der Waals surface area contributed by atoms with Crippen molar-refractivity contribution in [1.29, 1.82) is 0 Å². The Kier molecular flexibility index (Phi) is 8.28. The van der Waals surface area contributed by atoms with Gasteiger partial charge in [-0.3, -0.25) is 9.69 Å². The van der Waals surface area contributed by atoms with Crippen molar-refractivity contribution in [3.8, 4) is 22.6 Å². The van der Waals surface area contributed by atoms with E-state index >= 15 is 0 Å². The number of halogens is 1. The molecule has 0 radical (unpaired) electrons. The molecule has 1 heterocycles. The van der Waals surface area contributed by atoms with Gasteiger partial charge in [-0.1, -0.05) is 43.2 Å². The molecule has 2 fully saturated rings. The molecular weight excluding hydrogens is 481 g/mol. The molecule has 0 spiro atoms. The first kappa shape index (κ1) is 26.2. The van der Waals surface area contributed by atoms with Gasteiger partial charge < -0.3 is 14.6 Å². The van der Waals surface area contributed by atoms with E-state index in [1.54, 1.807) is 19.2 Å². The molecule has 1 N–H and O–H groups in total. The molecular formula is C32H36FNO4. The van der Waals surface area contributed by atoms with E-state index in [9.17, 15) is 14.3 Å². The minimum Gasteiger partial charge on any atom is -0.497 e. The highest BCUT2D eigenvalue weighted by molar-refractivity contribution is 5.70. The first-order valence-corrected chi connectivity index (χ1v) is 13.6. The Bertz CT molecular complexity index is 1270. The second-order valence-corrected chi connectivity index (χ2v) is 10.7. The fourth-order valence-corrected chi connectivity index (χ4v) is 5.48. The molecule has 1 atom stereocenters. The fourth-order valence-electron chi connectivity index (χ4n) is 5.48. The van der Waals surface area contributed by atoms with Gasteiger partial charge in [0, 0.05) is 12.1 Å². The van der Waals surface area contributed by atoms with Crippen molar-refractivity contribution in [2.45, 2.75) is 57.6 Å². The standard InChI is InChI=1S/C32H36FNO4/c1-37-27-10-12-31(33)30(19-27)29-11-9-23(16-26(29)20-34-13-2-3-14-34)21-38-28-6-4-5-24(17-28)25(18-32(35)36)15-22-7-8-22/h4-6,9-12,16-17,19,22,25H,2-3,7-8,13-15,18,20-21H2,1H3,(H,35,36)/t25-/m0/s1. The van der Waals surface area contributed by atoms with E-state index in [1.807, 2.05) is 36.4 Å². The van der Waals surface area contributed by atoms with E-state index in [2.05, 4.69) is 11.0 Å². The van der Waals surface area contributed by atoms with Crippen molar-refractivity contribution in [1.82, 2.24) is 4.90 Å². The number of likely N-dealkylation sites (tertiary alicyclic amines) is 1. The van der Waals surface area contributed by atoms with Crippen LogP contribution in [0, 0.1) is 11.7 Å². The van der Waals surface area contributed by atoms with Gasteiger partial charge in [-0.05, 0) is 96.8 Å². The molecule has 6 heteroatoms. The zero-order valence-corrected chi connectivity index (χ0v) is 22.0. The van der Waals surface area contributed by atoms with Crippen LogP contribution < -0.4 is 9.47 Å². The van der Waals surface area contributed by atoms with Crippen molar-refractivity contribution in [3.05, 3.63) is 83.2 Å². The molecule has 1 aliphatic heterocycles. The van der Waals surface area contributed by atoms with E-state index in [0.29, 0.717) is 23.8 Å². The number of carboxylic acid groups (broad SMARTS) is 1. The van der Waals surface area contributed by atoms with Crippen LogP contribution in [0.1, 0.15) is 61.1 Å². The lowest BCUT2D eigenvalue weighted by atomic mass is 9.90. The molecule has 1 saturated heterocycles. The summed E-state index contributed by atoms with van der Waals surface area (Å²) in [6.07, 6.45) is 5.82. The van der Waals surface area contributed by atoms with E-state index in [4.69, 9.17) is 9.47 Å². The van der Waals surface area contributed by atoms with Crippen LogP contribution in [-0.4, -0.2) is 36.2 Å². The van der Waals surface area contributed by atoms with Crippen molar-refractivity contribution in [2.24, 2.45) is 5.92 Å². The minimum absolute atomic E-state index is 0.00709. The molecule has 0 aromatic heterocycles. The third kappa shape index (κ3) is 6.73. The van der Waals surface area contributed by atoms with E-state index in [0.717, 1.165) is 54.1 Å². The molecule has 1 aliphatic carbocycles. The van der Waals surface area contributed by atoms with Gasteiger partial charge in [0.1, 0.15) is 23.9 Å². The van der Waals surface area contributed by atoms with Gasteiger partial charge in [-0.2, -0.15) is 0 Å². The van der Waals surface area contributed by atoms with Crippen molar-refractivity contribution >= 4 is 5.97 Å². The highest BCUT2D eigenvalue weighted by Gasteiger charge is 2.28. The predicted molar refractivity (Wildman–Crippen MR) is 146 cm³/mol. The summed E-state index contributed by atoms with van der Waals surface area (Å²) in [5.74, 6) is 0.983. The zero-order chi connectivity index (χ0) is 26.5. The Morgan fingerprint density at radius 2 is 1.84 bits per heavy atom. The number of nitrogens with zero attached hydrogens (tertiary/aromatic N) is 1. The summed E-state index contributed by atoms with van der Waals surface area (Å²) in [6, 6.07) is 18.8. The second-order valence-electron chi connectivity index (χ2n) is 10.7. The number of benzene rings is 3. The molecule has 5 nitrogen and oxygen atoms in total. The first-order chi connectivity index (χ1) is 18.5. The number of hydrogen-bond donors (Lipinski definition) is 1. The molecule has 0 bridgehead atoms. The Morgan fingerprint density at radius 3 is 2.58 bits per heavy atom. The normalized spacial score (nSPS) is 16.4. The number of aliphatic carboxylic acids is 1. The molecule has 0 unspecified atom stereocenters. The Hall–Kier alpha value is -3.38. The van der Waals surface area contributed by atoms with Crippen LogP contribution in [0.2, 0.25) is 0 Å². The summed E-state index contributed by atoms with van der Waals surface area (Å²) >= 11 is 0. The van der Waals surface area contributed by atoms with Crippen LogP contribution in [0.3, 0.4) is 0 Å². The van der Waals surface area contributed by atoms with E-state index < -0.39 is 5.97 Å². The van der Waals surface area contributed by atoms with Gasteiger partial charge in [-0.25, -0.2) is 4.39 Å². The van der Waals surface area contributed by atoms with Gasteiger partial charge in [-0.15, -0.1) is 0 Å². The van der Waals surface area contributed by atoms with Crippen LogP contribution >= 0.6 is 0 Å². The molecule has 3 aromatic rings. The van der Waals surface area contributed by atoms with Crippen molar-refractivity contribution in [2.75, 3.05) is 20.2 Å². The van der Waals surface area contributed by atoms with Gasteiger partial charge in [0.05, 0.1) is 13.5 Å². The minimum atomic E-state index is -0.764. The third-order valence-electron chi connectivity index (χ3n) is 7.70. The Balaban J connectivity index is 1.36. The van der Waals surface area contributed by atoms with Crippen LogP contribution in [0.5, 0.6) is 11.5 Å². The van der Waals surface area contributed by atoms with E-state index in [-0.39, 0.29) is 18.2 Å². The number of methoxy groups -OCH3 is 1.